The molecule has 1 atom stereocenters. The molecule has 4 rings (SSSR count). The second-order valence-electron chi connectivity index (χ2n) is 6.96. The highest BCUT2D eigenvalue weighted by Crippen LogP contribution is 2.45. The Kier molecular flexibility index (Phi) is 3.16. The highest BCUT2D eigenvalue weighted by Gasteiger charge is 2.35. The van der Waals surface area contributed by atoms with Crippen LogP contribution in [-0.4, -0.2) is 14.5 Å². The first-order valence-electron chi connectivity index (χ1n) is 8.02. The topological polar surface area (TPSA) is 49.6 Å². The molecule has 0 saturated carbocycles. The number of nitrogens with zero attached hydrogens (tertiary/aromatic N) is 2. The fourth-order valence-corrected chi connectivity index (χ4v) is 3.53. The summed E-state index contributed by atoms with van der Waals surface area (Å²) in [6.45, 7) is 5.04. The van der Waals surface area contributed by atoms with E-state index in [1.807, 2.05) is 35.0 Å². The molecule has 2 N–H and O–H groups in total. The molecule has 0 saturated heterocycles. The number of aliphatic hydroxyl groups is 1. The van der Waals surface area contributed by atoms with Gasteiger partial charge in [-0.2, -0.15) is 0 Å². The van der Waals surface area contributed by atoms with Gasteiger partial charge in [-0.25, -0.2) is 4.98 Å². The van der Waals surface area contributed by atoms with E-state index in [1.165, 1.54) is 5.56 Å². The van der Waals surface area contributed by atoms with Crippen molar-refractivity contribution in [2.45, 2.75) is 38.3 Å². The third-order valence-electron chi connectivity index (χ3n) is 4.73. The van der Waals surface area contributed by atoms with Crippen LogP contribution in [0.4, 0.5) is 5.69 Å². The first-order valence-corrected chi connectivity index (χ1v) is 8.02. The van der Waals surface area contributed by atoms with E-state index in [1.54, 1.807) is 0 Å². The lowest BCUT2D eigenvalue weighted by atomic mass is 9.86. The van der Waals surface area contributed by atoms with Gasteiger partial charge < -0.3 is 14.8 Å². The zero-order valence-corrected chi connectivity index (χ0v) is 13.5. The first-order chi connectivity index (χ1) is 11.0. The molecule has 23 heavy (non-hydrogen) atoms. The second-order valence-corrected chi connectivity index (χ2v) is 6.96. The second kappa shape index (κ2) is 5.10. The highest BCUT2D eigenvalue weighted by molar-refractivity contribution is 5.53. The molecule has 1 aliphatic carbocycles. The summed E-state index contributed by atoms with van der Waals surface area (Å²) >= 11 is 0. The quantitative estimate of drug-likeness (QED) is 0.776. The Hall–Kier alpha value is -2.33. The summed E-state index contributed by atoms with van der Waals surface area (Å²) in [7, 11) is 0. The Labute approximate surface area is 135 Å². The van der Waals surface area contributed by atoms with Gasteiger partial charge in [-0.05, 0) is 47.2 Å². The maximum Gasteiger partial charge on any atom is 0.137 e. The molecule has 1 aromatic carbocycles. The Bertz CT molecular complexity index is 833. The number of anilines is 1. The first kappa shape index (κ1) is 14.3. The van der Waals surface area contributed by atoms with Crippen molar-refractivity contribution in [1.29, 1.82) is 0 Å². The van der Waals surface area contributed by atoms with Crippen LogP contribution < -0.4 is 5.32 Å². The molecule has 2 aromatic heterocycles. The van der Waals surface area contributed by atoms with Crippen molar-refractivity contribution >= 4 is 11.3 Å². The Balaban J connectivity index is 1.55. The molecule has 0 radical (unpaired) electrons. The van der Waals surface area contributed by atoms with Crippen LogP contribution in [0, 0.1) is 0 Å². The van der Waals surface area contributed by atoms with Crippen molar-refractivity contribution in [3.63, 3.8) is 0 Å². The predicted molar refractivity (Wildman–Crippen MR) is 91.6 cm³/mol. The smallest absolute Gasteiger partial charge is 0.137 e. The fraction of sp³-hybridized carbons (Fsp3) is 0.316. The van der Waals surface area contributed by atoms with E-state index in [9.17, 15) is 5.11 Å². The number of fused-ring (bicyclic) bond motifs is 2. The summed E-state index contributed by atoms with van der Waals surface area (Å²) in [5.41, 5.74) is 5.33. The summed E-state index contributed by atoms with van der Waals surface area (Å²) in [5, 5.41) is 13.7. The molecule has 0 amide bonds. The molecule has 0 aliphatic heterocycles. The minimum Gasteiger partial charge on any atom is -0.388 e. The predicted octanol–water partition coefficient (Wildman–Crippen LogP) is 3.66. The number of hydrogen-bond acceptors (Lipinski definition) is 3. The molecular weight excluding hydrogens is 286 g/mol. The number of pyridine rings is 1. The van der Waals surface area contributed by atoms with Crippen LogP contribution in [0.5, 0.6) is 0 Å². The zero-order chi connectivity index (χ0) is 16.0. The summed E-state index contributed by atoms with van der Waals surface area (Å²) < 4.78 is 2.02. The third kappa shape index (κ3) is 2.49. The van der Waals surface area contributed by atoms with Crippen LogP contribution in [0.2, 0.25) is 0 Å². The Morgan fingerprint density at radius 2 is 2.17 bits per heavy atom. The van der Waals surface area contributed by atoms with Crippen LogP contribution in [0.25, 0.3) is 5.65 Å². The van der Waals surface area contributed by atoms with Crippen molar-refractivity contribution in [2.24, 2.45) is 0 Å². The molecule has 0 fully saturated rings. The minimum absolute atomic E-state index is 0.0505. The van der Waals surface area contributed by atoms with E-state index < -0.39 is 0 Å². The molecule has 118 valence electrons. The van der Waals surface area contributed by atoms with Crippen molar-refractivity contribution in [3.05, 3.63) is 65.6 Å². The van der Waals surface area contributed by atoms with Gasteiger partial charge in [0.15, 0.2) is 0 Å². The molecule has 2 heterocycles. The molecule has 0 bridgehead atoms. The van der Waals surface area contributed by atoms with E-state index in [-0.39, 0.29) is 11.5 Å². The van der Waals surface area contributed by atoms with E-state index >= 15 is 0 Å². The summed E-state index contributed by atoms with van der Waals surface area (Å²) in [6, 6.07) is 12.3. The molecule has 0 spiro atoms. The van der Waals surface area contributed by atoms with Gasteiger partial charge >= 0.3 is 0 Å². The van der Waals surface area contributed by atoms with Gasteiger partial charge in [-0.15, -0.1) is 0 Å². The molecule has 1 aliphatic rings. The van der Waals surface area contributed by atoms with Gasteiger partial charge in [0.1, 0.15) is 5.65 Å². The van der Waals surface area contributed by atoms with Gasteiger partial charge in [0.25, 0.3) is 0 Å². The van der Waals surface area contributed by atoms with Crippen molar-refractivity contribution in [2.75, 3.05) is 5.32 Å². The van der Waals surface area contributed by atoms with Crippen LogP contribution in [0.15, 0.2) is 48.8 Å². The Morgan fingerprint density at radius 1 is 1.30 bits per heavy atom. The fourth-order valence-electron chi connectivity index (χ4n) is 3.53. The van der Waals surface area contributed by atoms with Gasteiger partial charge in [-0.1, -0.05) is 26.0 Å². The summed E-state index contributed by atoms with van der Waals surface area (Å²) in [6.07, 6.45) is 4.46. The lowest BCUT2D eigenvalue weighted by Gasteiger charge is -2.18. The normalized spacial score (nSPS) is 19.0. The van der Waals surface area contributed by atoms with Crippen LogP contribution in [-0.2, 0) is 12.0 Å². The van der Waals surface area contributed by atoms with Gasteiger partial charge in [0, 0.05) is 18.1 Å². The van der Waals surface area contributed by atoms with Gasteiger partial charge in [-0.3, -0.25) is 0 Å². The molecule has 0 unspecified atom stereocenters. The van der Waals surface area contributed by atoms with E-state index in [0.29, 0.717) is 6.54 Å². The van der Waals surface area contributed by atoms with Gasteiger partial charge in [0.2, 0.25) is 0 Å². The summed E-state index contributed by atoms with van der Waals surface area (Å²) in [5.74, 6) is 0. The standard InChI is InChI=1S/C19H21N3O/c1-19(2)10-17(23)15-9-13(6-7-16(15)19)20-11-14-12-22-8-4-3-5-18(22)21-14/h3-9,12,17,20,23H,10-11H2,1-2H3/t17-/m1/s1. The lowest BCUT2D eigenvalue weighted by molar-refractivity contribution is 0.161. The monoisotopic (exact) mass is 307 g/mol. The Morgan fingerprint density at radius 3 is 3.00 bits per heavy atom. The minimum atomic E-state index is -0.364. The van der Waals surface area contributed by atoms with E-state index in [0.717, 1.165) is 29.0 Å². The molecule has 4 nitrogen and oxygen atoms in total. The van der Waals surface area contributed by atoms with Crippen molar-refractivity contribution in [3.8, 4) is 0 Å². The maximum atomic E-state index is 10.3. The molecule has 4 heteroatoms. The number of imidazole rings is 1. The number of aliphatic hydroxyl groups excluding tert-OH is 1. The zero-order valence-electron chi connectivity index (χ0n) is 13.5. The third-order valence-corrected chi connectivity index (χ3v) is 4.73. The average molecular weight is 307 g/mol. The largest absolute Gasteiger partial charge is 0.388 e. The number of hydrogen-bond donors (Lipinski definition) is 2. The van der Waals surface area contributed by atoms with Crippen LogP contribution in [0.1, 0.15) is 43.2 Å². The number of rotatable bonds is 3. The van der Waals surface area contributed by atoms with Gasteiger partial charge in [0.05, 0.1) is 18.3 Å². The SMILES string of the molecule is CC1(C)C[C@@H](O)c2cc(NCc3cn4ccccc4n3)ccc21. The molecule has 3 aromatic rings. The van der Waals surface area contributed by atoms with Crippen molar-refractivity contribution in [1.82, 2.24) is 9.38 Å². The molecular formula is C19H21N3O. The van der Waals surface area contributed by atoms with Crippen LogP contribution >= 0.6 is 0 Å². The highest BCUT2D eigenvalue weighted by atomic mass is 16.3. The number of aromatic nitrogens is 2. The van der Waals surface area contributed by atoms with E-state index in [4.69, 9.17) is 0 Å². The maximum absolute atomic E-state index is 10.3. The van der Waals surface area contributed by atoms with Crippen molar-refractivity contribution < 1.29 is 5.11 Å². The summed E-state index contributed by atoms with van der Waals surface area (Å²) in [4.78, 5) is 4.59. The lowest BCUT2D eigenvalue weighted by Crippen LogP contribution is -2.12. The average Bonchev–Trinajstić information content (AvgIpc) is 3.04. The van der Waals surface area contributed by atoms with Crippen LogP contribution in [0.3, 0.4) is 0 Å². The number of benzene rings is 1. The van der Waals surface area contributed by atoms with E-state index in [2.05, 4.69) is 42.3 Å². The number of nitrogens with one attached hydrogen (secondary N) is 1.